The molecule has 1 aliphatic carbocycles. The van der Waals surface area contributed by atoms with Crippen molar-refractivity contribution in [3.63, 3.8) is 0 Å². The fraction of sp³-hybridized carbons (Fsp3) is 0.250. The van der Waals surface area contributed by atoms with Crippen molar-refractivity contribution in [2.75, 3.05) is 13.7 Å². The Bertz CT molecular complexity index is 1030. The summed E-state index contributed by atoms with van der Waals surface area (Å²) in [5.74, 6) is 0.564. The quantitative estimate of drug-likeness (QED) is 0.670. The summed E-state index contributed by atoms with van der Waals surface area (Å²) in [6, 6.07) is 21.6. The van der Waals surface area contributed by atoms with Crippen molar-refractivity contribution in [2.24, 2.45) is 0 Å². The van der Waals surface area contributed by atoms with Gasteiger partial charge in [0.1, 0.15) is 5.75 Å². The van der Waals surface area contributed by atoms with Gasteiger partial charge in [-0.25, -0.2) is 0 Å². The zero-order valence-electron chi connectivity index (χ0n) is 16.4. The summed E-state index contributed by atoms with van der Waals surface area (Å²) in [7, 11) is 1.61. The van der Waals surface area contributed by atoms with Crippen molar-refractivity contribution in [1.82, 2.24) is 10.2 Å². The number of nitrogens with zero attached hydrogens (tertiary/aromatic N) is 1. The van der Waals surface area contributed by atoms with E-state index in [2.05, 4.69) is 11.4 Å². The van der Waals surface area contributed by atoms with Crippen molar-refractivity contribution in [1.29, 1.82) is 0 Å². The highest BCUT2D eigenvalue weighted by atomic mass is 16.5. The second kappa shape index (κ2) is 8.35. The molecule has 0 bridgehead atoms. The van der Waals surface area contributed by atoms with Gasteiger partial charge in [-0.1, -0.05) is 42.5 Å². The van der Waals surface area contributed by atoms with Crippen LogP contribution >= 0.6 is 0 Å². The van der Waals surface area contributed by atoms with Gasteiger partial charge >= 0.3 is 0 Å². The normalized spacial score (nSPS) is 13.1. The molecule has 0 saturated heterocycles. The van der Waals surface area contributed by atoms with Crippen molar-refractivity contribution >= 4 is 22.6 Å². The minimum absolute atomic E-state index is 0.0176. The van der Waals surface area contributed by atoms with Crippen LogP contribution < -0.4 is 10.1 Å². The smallest absolute Gasteiger partial charge is 0.261 e. The van der Waals surface area contributed by atoms with Crippen LogP contribution in [0.1, 0.15) is 28.8 Å². The number of hydrogen-bond acceptors (Lipinski definition) is 3. The Morgan fingerprint density at radius 1 is 1.00 bits per heavy atom. The van der Waals surface area contributed by atoms with E-state index in [9.17, 15) is 9.59 Å². The lowest BCUT2D eigenvalue weighted by atomic mass is 10.1. The molecule has 0 aliphatic heterocycles. The molecule has 3 aromatic rings. The standard InChI is InChI=1S/C24H24N2O3/c1-25-24(28)19-8-6-17(7-9-19)15-26(21-11-12-21)23(27)16-29-22-13-10-18-4-2-3-5-20(18)14-22/h2-10,13-14,21H,11-12,15-16H2,1H3,(H,25,28). The number of rotatable bonds is 7. The lowest BCUT2D eigenvalue weighted by molar-refractivity contribution is -0.134. The molecule has 5 nitrogen and oxygen atoms in total. The molecule has 5 heteroatoms. The molecule has 4 rings (SSSR count). The van der Waals surface area contributed by atoms with Gasteiger partial charge in [0.25, 0.3) is 11.8 Å². The largest absolute Gasteiger partial charge is 0.484 e. The van der Waals surface area contributed by atoms with Gasteiger partial charge in [0, 0.05) is 25.2 Å². The van der Waals surface area contributed by atoms with Gasteiger partial charge in [0.2, 0.25) is 0 Å². The van der Waals surface area contributed by atoms with Crippen LogP contribution in [0.25, 0.3) is 10.8 Å². The average molecular weight is 388 g/mol. The number of fused-ring (bicyclic) bond motifs is 1. The average Bonchev–Trinajstić information content (AvgIpc) is 3.60. The van der Waals surface area contributed by atoms with E-state index in [-0.39, 0.29) is 24.5 Å². The summed E-state index contributed by atoms with van der Waals surface area (Å²) in [5, 5.41) is 4.85. The molecule has 1 N–H and O–H groups in total. The van der Waals surface area contributed by atoms with Crippen LogP contribution in [-0.4, -0.2) is 36.4 Å². The third kappa shape index (κ3) is 4.57. The first-order chi connectivity index (χ1) is 14.1. The van der Waals surface area contributed by atoms with Crippen molar-refractivity contribution in [3.05, 3.63) is 77.9 Å². The molecule has 29 heavy (non-hydrogen) atoms. The first kappa shape index (κ1) is 19.0. The summed E-state index contributed by atoms with van der Waals surface area (Å²) >= 11 is 0. The summed E-state index contributed by atoms with van der Waals surface area (Å²) in [6.45, 7) is 0.545. The molecule has 0 aromatic heterocycles. The molecule has 1 fully saturated rings. The lowest BCUT2D eigenvalue weighted by Crippen LogP contribution is -2.36. The fourth-order valence-electron chi connectivity index (χ4n) is 3.39. The van der Waals surface area contributed by atoms with E-state index in [1.54, 1.807) is 19.2 Å². The van der Waals surface area contributed by atoms with Crippen LogP contribution in [0.2, 0.25) is 0 Å². The Balaban J connectivity index is 1.40. The molecule has 0 heterocycles. The third-order valence-corrected chi connectivity index (χ3v) is 5.19. The highest BCUT2D eigenvalue weighted by Crippen LogP contribution is 2.29. The Hall–Kier alpha value is -3.34. The molecule has 2 amide bonds. The number of carbonyl (C=O) groups is 2. The monoisotopic (exact) mass is 388 g/mol. The zero-order valence-corrected chi connectivity index (χ0v) is 16.4. The van der Waals surface area contributed by atoms with Gasteiger partial charge in [-0.3, -0.25) is 9.59 Å². The Labute approximate surface area is 170 Å². The van der Waals surface area contributed by atoms with E-state index >= 15 is 0 Å². The second-order valence-electron chi connectivity index (χ2n) is 7.33. The van der Waals surface area contributed by atoms with Gasteiger partial charge in [0.05, 0.1) is 0 Å². The van der Waals surface area contributed by atoms with Gasteiger partial charge in [-0.05, 0) is 53.4 Å². The topological polar surface area (TPSA) is 58.6 Å². The minimum atomic E-state index is -0.115. The molecule has 0 atom stereocenters. The number of hydrogen-bond donors (Lipinski definition) is 1. The summed E-state index contributed by atoms with van der Waals surface area (Å²) in [5.41, 5.74) is 1.61. The molecule has 148 valence electrons. The molecule has 1 saturated carbocycles. The highest BCUT2D eigenvalue weighted by molar-refractivity contribution is 5.94. The molecule has 0 unspecified atom stereocenters. The molecule has 0 spiro atoms. The van der Waals surface area contributed by atoms with E-state index in [0.29, 0.717) is 17.9 Å². The maximum atomic E-state index is 12.8. The van der Waals surface area contributed by atoms with Gasteiger partial charge in [-0.15, -0.1) is 0 Å². The van der Waals surface area contributed by atoms with E-state index < -0.39 is 0 Å². The third-order valence-electron chi connectivity index (χ3n) is 5.19. The van der Waals surface area contributed by atoms with Crippen LogP contribution in [0, 0.1) is 0 Å². The van der Waals surface area contributed by atoms with Crippen molar-refractivity contribution < 1.29 is 14.3 Å². The van der Waals surface area contributed by atoms with E-state index in [0.717, 1.165) is 29.2 Å². The number of ether oxygens (including phenoxy) is 1. The summed E-state index contributed by atoms with van der Waals surface area (Å²) in [4.78, 5) is 26.4. The van der Waals surface area contributed by atoms with Crippen LogP contribution in [-0.2, 0) is 11.3 Å². The van der Waals surface area contributed by atoms with Crippen LogP contribution in [0.5, 0.6) is 5.75 Å². The first-order valence-corrected chi connectivity index (χ1v) is 9.86. The SMILES string of the molecule is CNC(=O)c1ccc(CN(C(=O)COc2ccc3ccccc3c2)C2CC2)cc1. The maximum Gasteiger partial charge on any atom is 0.261 e. The van der Waals surface area contributed by atoms with Gasteiger partial charge < -0.3 is 15.0 Å². The Kier molecular flexibility index (Phi) is 5.47. The van der Waals surface area contributed by atoms with Crippen molar-refractivity contribution in [3.8, 4) is 5.75 Å². The van der Waals surface area contributed by atoms with Gasteiger partial charge in [0.15, 0.2) is 6.61 Å². The fourth-order valence-corrected chi connectivity index (χ4v) is 3.39. The van der Waals surface area contributed by atoms with E-state index in [1.807, 2.05) is 53.4 Å². The number of benzene rings is 3. The maximum absolute atomic E-state index is 12.8. The zero-order chi connectivity index (χ0) is 20.2. The first-order valence-electron chi connectivity index (χ1n) is 9.86. The minimum Gasteiger partial charge on any atom is -0.484 e. The summed E-state index contributed by atoms with van der Waals surface area (Å²) < 4.78 is 5.79. The predicted octanol–water partition coefficient (Wildman–Crippen LogP) is 3.77. The Morgan fingerprint density at radius 3 is 2.41 bits per heavy atom. The van der Waals surface area contributed by atoms with Crippen molar-refractivity contribution in [2.45, 2.75) is 25.4 Å². The second-order valence-corrected chi connectivity index (χ2v) is 7.33. The summed E-state index contributed by atoms with van der Waals surface area (Å²) in [6.07, 6.45) is 2.05. The van der Waals surface area contributed by atoms with Crippen LogP contribution in [0.4, 0.5) is 0 Å². The van der Waals surface area contributed by atoms with Gasteiger partial charge in [-0.2, -0.15) is 0 Å². The molecule has 0 radical (unpaired) electrons. The van der Waals surface area contributed by atoms with E-state index in [1.165, 1.54) is 0 Å². The Morgan fingerprint density at radius 2 is 1.72 bits per heavy atom. The van der Waals surface area contributed by atoms with Crippen LogP contribution in [0.3, 0.4) is 0 Å². The van der Waals surface area contributed by atoms with E-state index in [4.69, 9.17) is 4.74 Å². The predicted molar refractivity (Wildman–Crippen MR) is 113 cm³/mol. The molecule has 1 aliphatic rings. The molecule has 3 aromatic carbocycles. The number of amides is 2. The number of carbonyl (C=O) groups excluding carboxylic acids is 2. The molecular weight excluding hydrogens is 364 g/mol. The highest BCUT2D eigenvalue weighted by Gasteiger charge is 2.32. The number of nitrogens with one attached hydrogen (secondary N) is 1. The lowest BCUT2D eigenvalue weighted by Gasteiger charge is -2.23. The molecular formula is C24H24N2O3. The van der Waals surface area contributed by atoms with Crippen LogP contribution in [0.15, 0.2) is 66.7 Å².